The van der Waals surface area contributed by atoms with E-state index in [1.165, 1.54) is 11.3 Å². The number of halogens is 4. The smallest absolute Gasteiger partial charge is 0.369 e. The van der Waals surface area contributed by atoms with E-state index >= 15 is 0 Å². The molecule has 1 amide bonds. The molecule has 1 aliphatic heterocycles. The maximum absolute atomic E-state index is 13.4. The molecule has 3 aromatic rings. The molecule has 1 fully saturated rings. The zero-order chi connectivity index (χ0) is 24.3. The summed E-state index contributed by atoms with van der Waals surface area (Å²) in [5.74, 6) is -0.420. The van der Waals surface area contributed by atoms with Gasteiger partial charge >= 0.3 is 6.18 Å². The lowest BCUT2D eigenvalue weighted by atomic mass is 10.0. The van der Waals surface area contributed by atoms with E-state index in [2.05, 4.69) is 34.2 Å². The predicted octanol–water partition coefficient (Wildman–Crippen LogP) is 6.17. The van der Waals surface area contributed by atoms with E-state index in [0.717, 1.165) is 36.9 Å². The molecular formula is C26H25ClF3N3O. The van der Waals surface area contributed by atoms with Crippen molar-refractivity contribution in [2.45, 2.75) is 19.1 Å². The Morgan fingerprint density at radius 3 is 2.24 bits per heavy atom. The first-order valence-corrected chi connectivity index (χ1v) is 11.4. The van der Waals surface area contributed by atoms with Crippen LogP contribution in [0, 0.1) is 6.92 Å². The third-order valence-corrected chi connectivity index (χ3v) is 6.38. The molecule has 34 heavy (non-hydrogen) atoms. The molecule has 1 atom stereocenters. The number of alkyl halides is 3. The third-order valence-electron chi connectivity index (χ3n) is 6.05. The standard InChI is InChI=1S/C26H25ClF3N3O/c1-18-7-5-6-10-23(18)32-13-15-33(16-14-32)24(19-8-3-2-4-9-19)25(34)31-22-17-20(26(28,29)30)11-12-21(22)27/h2-12,17,24H,13-16H2,1H3,(H,31,34)/t24-/m1/s1. The average Bonchev–Trinajstić information content (AvgIpc) is 2.81. The number of carbonyl (C=O) groups is 1. The summed E-state index contributed by atoms with van der Waals surface area (Å²) in [5, 5.41) is 2.70. The van der Waals surface area contributed by atoms with Crippen LogP contribution in [0.15, 0.2) is 72.8 Å². The molecule has 1 aliphatic rings. The number of amides is 1. The molecule has 178 valence electrons. The second kappa shape index (κ2) is 10.1. The van der Waals surface area contributed by atoms with Crippen molar-refractivity contribution in [1.29, 1.82) is 0 Å². The summed E-state index contributed by atoms with van der Waals surface area (Å²) in [6, 6.07) is 19.7. The summed E-state index contributed by atoms with van der Waals surface area (Å²) >= 11 is 6.13. The van der Waals surface area contributed by atoms with Crippen molar-refractivity contribution >= 4 is 28.9 Å². The van der Waals surface area contributed by atoms with Crippen LogP contribution >= 0.6 is 11.6 Å². The average molecular weight is 488 g/mol. The van der Waals surface area contributed by atoms with Crippen molar-refractivity contribution in [1.82, 2.24) is 4.90 Å². The number of benzene rings is 3. The van der Waals surface area contributed by atoms with Gasteiger partial charge < -0.3 is 10.2 Å². The zero-order valence-electron chi connectivity index (χ0n) is 18.6. The van der Waals surface area contributed by atoms with E-state index in [-0.39, 0.29) is 10.7 Å². The molecule has 0 aromatic heterocycles. The highest BCUT2D eigenvalue weighted by Crippen LogP contribution is 2.35. The molecule has 1 saturated heterocycles. The molecule has 1 N–H and O–H groups in total. The Balaban J connectivity index is 1.56. The Morgan fingerprint density at radius 1 is 0.941 bits per heavy atom. The maximum atomic E-state index is 13.4. The lowest BCUT2D eigenvalue weighted by molar-refractivity contribution is -0.137. The molecule has 4 rings (SSSR count). The van der Waals surface area contributed by atoms with E-state index in [0.29, 0.717) is 13.1 Å². The fourth-order valence-corrected chi connectivity index (χ4v) is 4.47. The summed E-state index contributed by atoms with van der Waals surface area (Å²) in [4.78, 5) is 17.8. The number of piperazine rings is 1. The van der Waals surface area contributed by atoms with Crippen LogP contribution in [0.1, 0.15) is 22.7 Å². The van der Waals surface area contributed by atoms with Crippen LogP contribution < -0.4 is 10.2 Å². The van der Waals surface area contributed by atoms with Crippen LogP contribution in [0.5, 0.6) is 0 Å². The van der Waals surface area contributed by atoms with Crippen LogP contribution in [0.4, 0.5) is 24.5 Å². The van der Waals surface area contributed by atoms with Gasteiger partial charge in [-0.3, -0.25) is 9.69 Å². The molecule has 4 nitrogen and oxygen atoms in total. The molecule has 0 spiro atoms. The number of hydrogen-bond acceptors (Lipinski definition) is 3. The quantitative estimate of drug-likeness (QED) is 0.467. The molecule has 0 saturated carbocycles. The first-order chi connectivity index (χ1) is 16.2. The molecule has 3 aromatic carbocycles. The zero-order valence-corrected chi connectivity index (χ0v) is 19.4. The van der Waals surface area contributed by atoms with E-state index in [9.17, 15) is 18.0 Å². The van der Waals surface area contributed by atoms with Gasteiger partial charge in [-0.2, -0.15) is 13.2 Å². The summed E-state index contributed by atoms with van der Waals surface area (Å²) in [6.45, 7) is 4.77. The van der Waals surface area contributed by atoms with E-state index in [1.54, 1.807) is 0 Å². The van der Waals surface area contributed by atoms with Crippen LogP contribution in [0.25, 0.3) is 0 Å². The molecule has 0 bridgehead atoms. The predicted molar refractivity (Wildman–Crippen MR) is 129 cm³/mol. The van der Waals surface area contributed by atoms with Crippen molar-refractivity contribution in [3.8, 4) is 0 Å². The van der Waals surface area contributed by atoms with Gasteiger partial charge in [-0.05, 0) is 42.3 Å². The molecule has 1 heterocycles. The lowest BCUT2D eigenvalue weighted by Gasteiger charge is -2.40. The first-order valence-electron chi connectivity index (χ1n) is 11.0. The van der Waals surface area contributed by atoms with Gasteiger partial charge in [0.1, 0.15) is 6.04 Å². The largest absolute Gasteiger partial charge is 0.416 e. The Kier molecular flexibility index (Phi) is 7.14. The summed E-state index contributed by atoms with van der Waals surface area (Å²) in [6.07, 6.45) is -4.53. The number of hydrogen-bond donors (Lipinski definition) is 1. The molecule has 0 aliphatic carbocycles. The summed E-state index contributed by atoms with van der Waals surface area (Å²) in [5.41, 5.74) is 2.20. The van der Waals surface area contributed by atoms with Crippen molar-refractivity contribution < 1.29 is 18.0 Å². The number of nitrogens with zero attached hydrogens (tertiary/aromatic N) is 2. The minimum atomic E-state index is -4.53. The van der Waals surface area contributed by atoms with E-state index < -0.39 is 23.7 Å². The SMILES string of the molecule is Cc1ccccc1N1CCN([C@@H](C(=O)Nc2cc(C(F)(F)F)ccc2Cl)c2ccccc2)CC1. The Labute approximate surface area is 201 Å². The van der Waals surface area contributed by atoms with Crippen LogP contribution in [-0.2, 0) is 11.0 Å². The number of anilines is 2. The fourth-order valence-electron chi connectivity index (χ4n) is 4.30. The number of rotatable bonds is 5. The number of para-hydroxylation sites is 1. The van der Waals surface area contributed by atoms with Gasteiger partial charge in [0, 0.05) is 31.9 Å². The number of nitrogens with one attached hydrogen (secondary N) is 1. The molecule has 0 radical (unpaired) electrons. The third kappa shape index (κ3) is 5.37. The van der Waals surface area contributed by atoms with Gasteiger partial charge in [0.2, 0.25) is 5.91 Å². The molecule has 0 unspecified atom stereocenters. The van der Waals surface area contributed by atoms with Crippen molar-refractivity contribution in [3.05, 3.63) is 94.5 Å². The fraction of sp³-hybridized carbons (Fsp3) is 0.269. The van der Waals surface area contributed by atoms with Gasteiger partial charge in [0.05, 0.1) is 16.3 Å². The number of aryl methyl sites for hydroxylation is 1. The van der Waals surface area contributed by atoms with E-state index in [1.807, 2.05) is 42.5 Å². The Hall–Kier alpha value is -3.03. The highest BCUT2D eigenvalue weighted by Gasteiger charge is 2.33. The Morgan fingerprint density at radius 2 is 1.59 bits per heavy atom. The van der Waals surface area contributed by atoms with Gasteiger partial charge in [-0.25, -0.2) is 0 Å². The normalized spacial score (nSPS) is 15.7. The van der Waals surface area contributed by atoms with Gasteiger partial charge in [-0.1, -0.05) is 60.1 Å². The van der Waals surface area contributed by atoms with Gasteiger partial charge in [0.25, 0.3) is 0 Å². The second-order valence-electron chi connectivity index (χ2n) is 8.30. The van der Waals surface area contributed by atoms with Crippen molar-refractivity contribution in [2.75, 3.05) is 36.4 Å². The van der Waals surface area contributed by atoms with E-state index in [4.69, 9.17) is 11.6 Å². The maximum Gasteiger partial charge on any atom is 0.416 e. The lowest BCUT2D eigenvalue weighted by Crippen LogP contribution is -2.50. The summed E-state index contributed by atoms with van der Waals surface area (Å²) < 4.78 is 39.6. The first kappa shape index (κ1) is 24.1. The monoisotopic (exact) mass is 487 g/mol. The number of carbonyl (C=O) groups excluding carboxylic acids is 1. The van der Waals surface area contributed by atoms with Gasteiger partial charge in [-0.15, -0.1) is 0 Å². The van der Waals surface area contributed by atoms with Crippen LogP contribution in [0.2, 0.25) is 5.02 Å². The highest BCUT2D eigenvalue weighted by atomic mass is 35.5. The van der Waals surface area contributed by atoms with Crippen molar-refractivity contribution in [3.63, 3.8) is 0 Å². The highest BCUT2D eigenvalue weighted by molar-refractivity contribution is 6.33. The van der Waals surface area contributed by atoms with Crippen molar-refractivity contribution in [2.24, 2.45) is 0 Å². The van der Waals surface area contributed by atoms with Crippen LogP contribution in [0.3, 0.4) is 0 Å². The minimum Gasteiger partial charge on any atom is -0.369 e. The topological polar surface area (TPSA) is 35.6 Å². The minimum absolute atomic E-state index is 0.0533. The molecular weight excluding hydrogens is 463 g/mol. The van der Waals surface area contributed by atoms with Crippen LogP contribution in [-0.4, -0.2) is 37.0 Å². The summed E-state index contributed by atoms with van der Waals surface area (Å²) in [7, 11) is 0. The van der Waals surface area contributed by atoms with Gasteiger partial charge in [0.15, 0.2) is 0 Å². The second-order valence-corrected chi connectivity index (χ2v) is 8.71. The molecule has 8 heteroatoms. The Bertz CT molecular complexity index is 1150.